The fraction of sp³-hybridized carbons (Fsp3) is 0.550. The molecule has 0 amide bonds. The van der Waals surface area contributed by atoms with Gasteiger partial charge in [0.2, 0.25) is 0 Å². The average molecular weight is 328 g/mol. The summed E-state index contributed by atoms with van der Waals surface area (Å²) in [5.74, 6) is 0.920. The van der Waals surface area contributed by atoms with Crippen LogP contribution in [0.5, 0.6) is 5.75 Å². The van der Waals surface area contributed by atoms with Crippen LogP contribution in [0.2, 0.25) is 0 Å². The van der Waals surface area contributed by atoms with Crippen LogP contribution in [0.25, 0.3) is 10.8 Å². The fourth-order valence-electron chi connectivity index (χ4n) is 3.47. The van der Waals surface area contributed by atoms with Crippen LogP contribution in [0, 0.1) is 13.8 Å². The van der Waals surface area contributed by atoms with Crippen molar-refractivity contribution in [2.75, 3.05) is 19.6 Å². The summed E-state index contributed by atoms with van der Waals surface area (Å²) in [6.45, 7) is 9.73. The Morgan fingerprint density at radius 2 is 1.92 bits per heavy atom. The zero-order valence-corrected chi connectivity index (χ0v) is 15.0. The molecule has 1 saturated heterocycles. The fourth-order valence-corrected chi connectivity index (χ4v) is 3.47. The predicted molar refractivity (Wildman–Crippen MR) is 99.0 cm³/mol. The minimum absolute atomic E-state index is 0.0329. The van der Waals surface area contributed by atoms with Gasteiger partial charge < -0.3 is 14.6 Å². The van der Waals surface area contributed by atoms with Crippen molar-refractivity contribution in [3.63, 3.8) is 0 Å². The molecule has 2 heterocycles. The van der Waals surface area contributed by atoms with Crippen LogP contribution < -0.4 is 10.3 Å². The zero-order chi connectivity index (χ0) is 17.1. The molecule has 2 aromatic rings. The van der Waals surface area contributed by atoms with E-state index in [1.807, 2.05) is 26.0 Å². The lowest BCUT2D eigenvalue weighted by molar-refractivity contribution is 0.0994. The van der Waals surface area contributed by atoms with Crippen molar-refractivity contribution < 1.29 is 4.74 Å². The van der Waals surface area contributed by atoms with Gasteiger partial charge >= 0.3 is 0 Å². The van der Waals surface area contributed by atoms with Gasteiger partial charge in [0.1, 0.15) is 11.9 Å². The van der Waals surface area contributed by atoms with Gasteiger partial charge in [-0.25, -0.2) is 0 Å². The molecule has 0 atom stereocenters. The molecule has 0 aliphatic carbocycles. The van der Waals surface area contributed by atoms with Crippen LogP contribution >= 0.6 is 0 Å². The number of ether oxygens (including phenoxy) is 1. The number of benzene rings is 1. The predicted octanol–water partition coefficient (Wildman–Crippen LogP) is 3.79. The van der Waals surface area contributed by atoms with E-state index < -0.39 is 0 Å². The number of unbranched alkanes of at least 4 members (excludes halogenated alkanes) is 1. The van der Waals surface area contributed by atoms with Gasteiger partial charge in [-0.2, -0.15) is 0 Å². The Bertz CT molecular complexity index is 758. The molecule has 1 aromatic carbocycles. The van der Waals surface area contributed by atoms with E-state index in [1.165, 1.54) is 19.4 Å². The molecule has 24 heavy (non-hydrogen) atoms. The number of pyridine rings is 1. The smallest absolute Gasteiger partial charge is 0.255 e. The highest BCUT2D eigenvalue weighted by Gasteiger charge is 2.21. The number of aromatic nitrogens is 1. The Hall–Kier alpha value is -1.81. The number of hydrogen-bond donors (Lipinski definition) is 1. The van der Waals surface area contributed by atoms with Crippen LogP contribution in [0.1, 0.15) is 43.7 Å². The van der Waals surface area contributed by atoms with Gasteiger partial charge in [0, 0.05) is 24.7 Å². The van der Waals surface area contributed by atoms with E-state index in [1.54, 1.807) is 6.20 Å². The Balaban J connectivity index is 1.73. The van der Waals surface area contributed by atoms with E-state index in [-0.39, 0.29) is 11.7 Å². The van der Waals surface area contributed by atoms with Crippen LogP contribution in [0.3, 0.4) is 0 Å². The molecule has 0 saturated carbocycles. The average Bonchev–Trinajstić information content (AvgIpc) is 2.59. The number of fused-ring (bicyclic) bond motifs is 1. The third kappa shape index (κ3) is 3.64. The molecule has 4 heteroatoms. The van der Waals surface area contributed by atoms with Gasteiger partial charge in [0.15, 0.2) is 0 Å². The number of aromatic amines is 1. The minimum atomic E-state index is -0.0329. The lowest BCUT2D eigenvalue weighted by Crippen LogP contribution is -2.38. The Labute approximate surface area is 143 Å². The Morgan fingerprint density at radius 1 is 1.17 bits per heavy atom. The number of aryl methyl sites for hydroxylation is 2. The number of H-pyrrole nitrogens is 1. The molecule has 3 rings (SSSR count). The highest BCUT2D eigenvalue weighted by molar-refractivity contribution is 5.86. The third-order valence-electron chi connectivity index (χ3n) is 5.06. The summed E-state index contributed by atoms with van der Waals surface area (Å²) in [6, 6.07) is 3.99. The molecule has 0 bridgehead atoms. The second kappa shape index (κ2) is 7.39. The standard InChI is InChI=1S/C20H28N2O2/c1-4-5-8-22-9-6-16(7-10-22)24-19-12-17-15(3)13-21-20(23)18(17)11-14(19)2/h11-13,16H,4-10H2,1-3H3,(H,21,23). The molecule has 0 radical (unpaired) electrons. The van der Waals surface area contributed by atoms with Crippen molar-refractivity contribution >= 4 is 10.8 Å². The monoisotopic (exact) mass is 328 g/mol. The first kappa shape index (κ1) is 17.0. The molecule has 4 nitrogen and oxygen atoms in total. The quantitative estimate of drug-likeness (QED) is 0.908. The summed E-state index contributed by atoms with van der Waals surface area (Å²) in [5.41, 5.74) is 2.07. The zero-order valence-electron chi connectivity index (χ0n) is 15.0. The molecular weight excluding hydrogens is 300 g/mol. The molecule has 1 aliphatic rings. The van der Waals surface area contributed by atoms with Crippen molar-refractivity contribution in [2.45, 2.75) is 52.6 Å². The van der Waals surface area contributed by atoms with E-state index in [9.17, 15) is 4.79 Å². The molecule has 1 fully saturated rings. The maximum Gasteiger partial charge on any atom is 0.255 e. The molecule has 130 valence electrons. The normalized spacial score (nSPS) is 16.6. The number of likely N-dealkylation sites (tertiary alicyclic amines) is 1. The van der Waals surface area contributed by atoms with Crippen LogP contribution in [0.4, 0.5) is 0 Å². The lowest BCUT2D eigenvalue weighted by atomic mass is 10.0. The van der Waals surface area contributed by atoms with E-state index in [2.05, 4.69) is 16.8 Å². The summed E-state index contributed by atoms with van der Waals surface area (Å²) in [6.07, 6.45) is 6.75. The number of nitrogens with one attached hydrogen (secondary N) is 1. The van der Waals surface area contributed by atoms with Crippen molar-refractivity contribution in [1.29, 1.82) is 0 Å². The van der Waals surface area contributed by atoms with E-state index in [0.717, 1.165) is 53.6 Å². The van der Waals surface area contributed by atoms with Gasteiger partial charge in [0.25, 0.3) is 5.56 Å². The first-order valence-corrected chi connectivity index (χ1v) is 9.10. The van der Waals surface area contributed by atoms with Gasteiger partial charge in [-0.3, -0.25) is 4.79 Å². The number of nitrogens with zero attached hydrogens (tertiary/aromatic N) is 1. The summed E-state index contributed by atoms with van der Waals surface area (Å²) >= 11 is 0. The second-order valence-corrected chi connectivity index (χ2v) is 6.98. The van der Waals surface area contributed by atoms with E-state index >= 15 is 0 Å². The Morgan fingerprint density at radius 3 is 2.62 bits per heavy atom. The number of rotatable bonds is 5. The van der Waals surface area contributed by atoms with Crippen molar-refractivity contribution in [3.05, 3.63) is 39.8 Å². The van der Waals surface area contributed by atoms with Gasteiger partial charge in [-0.1, -0.05) is 13.3 Å². The molecule has 1 aromatic heterocycles. The lowest BCUT2D eigenvalue weighted by Gasteiger charge is -2.32. The highest BCUT2D eigenvalue weighted by atomic mass is 16.5. The van der Waals surface area contributed by atoms with Crippen LogP contribution in [-0.4, -0.2) is 35.6 Å². The van der Waals surface area contributed by atoms with Crippen molar-refractivity contribution in [2.24, 2.45) is 0 Å². The molecule has 1 aliphatic heterocycles. The maximum absolute atomic E-state index is 12.0. The van der Waals surface area contributed by atoms with Crippen LogP contribution in [-0.2, 0) is 0 Å². The van der Waals surface area contributed by atoms with Gasteiger partial charge in [0.05, 0.1) is 0 Å². The summed E-state index contributed by atoms with van der Waals surface area (Å²) in [7, 11) is 0. The van der Waals surface area contributed by atoms with E-state index in [4.69, 9.17) is 4.74 Å². The Kier molecular flexibility index (Phi) is 5.24. The molecule has 1 N–H and O–H groups in total. The largest absolute Gasteiger partial charge is 0.490 e. The number of hydrogen-bond acceptors (Lipinski definition) is 3. The highest BCUT2D eigenvalue weighted by Crippen LogP contribution is 2.28. The maximum atomic E-state index is 12.0. The summed E-state index contributed by atoms with van der Waals surface area (Å²) < 4.78 is 6.30. The topological polar surface area (TPSA) is 45.3 Å². The van der Waals surface area contributed by atoms with Crippen molar-refractivity contribution in [3.8, 4) is 5.75 Å². The summed E-state index contributed by atoms with van der Waals surface area (Å²) in [4.78, 5) is 17.3. The summed E-state index contributed by atoms with van der Waals surface area (Å²) in [5, 5.41) is 1.73. The van der Waals surface area contributed by atoms with Crippen molar-refractivity contribution in [1.82, 2.24) is 9.88 Å². The number of piperidine rings is 1. The minimum Gasteiger partial charge on any atom is -0.490 e. The molecule has 0 unspecified atom stereocenters. The second-order valence-electron chi connectivity index (χ2n) is 6.98. The molecular formula is C20H28N2O2. The molecule has 0 spiro atoms. The first-order chi connectivity index (χ1) is 11.6. The third-order valence-corrected chi connectivity index (χ3v) is 5.06. The van der Waals surface area contributed by atoms with Gasteiger partial charge in [-0.15, -0.1) is 0 Å². The van der Waals surface area contributed by atoms with E-state index in [0.29, 0.717) is 0 Å². The first-order valence-electron chi connectivity index (χ1n) is 9.10. The SMILES string of the molecule is CCCCN1CCC(Oc2cc3c(C)c[nH]c(=O)c3cc2C)CC1. The van der Waals surface area contributed by atoms with Crippen LogP contribution in [0.15, 0.2) is 23.1 Å². The van der Waals surface area contributed by atoms with Gasteiger partial charge in [-0.05, 0) is 68.3 Å².